The minimum absolute atomic E-state index is 0.0253. The van der Waals surface area contributed by atoms with Crippen molar-refractivity contribution in [2.75, 3.05) is 0 Å². The molecule has 1 unspecified atom stereocenters. The van der Waals surface area contributed by atoms with E-state index in [-0.39, 0.29) is 5.91 Å². The monoisotopic (exact) mass is 257 g/mol. The molecule has 1 aliphatic rings. The van der Waals surface area contributed by atoms with Crippen LogP contribution in [-0.4, -0.2) is 11.9 Å². The fraction of sp³-hybridized carbons (Fsp3) is 0.583. The molecule has 0 radical (unpaired) electrons. The minimum atomic E-state index is -0.0253. The van der Waals surface area contributed by atoms with E-state index in [0.29, 0.717) is 21.4 Å². The lowest BCUT2D eigenvalue weighted by Gasteiger charge is -2.17. The van der Waals surface area contributed by atoms with Crippen LogP contribution in [0.2, 0.25) is 5.02 Å². The van der Waals surface area contributed by atoms with Gasteiger partial charge in [-0.3, -0.25) is 4.79 Å². The average Bonchev–Trinajstić information content (AvgIpc) is 2.72. The van der Waals surface area contributed by atoms with Gasteiger partial charge < -0.3 is 5.32 Å². The van der Waals surface area contributed by atoms with E-state index in [4.69, 9.17) is 11.6 Å². The van der Waals surface area contributed by atoms with Gasteiger partial charge in [0.05, 0.1) is 5.02 Å². The molecule has 4 heteroatoms. The third-order valence-corrected chi connectivity index (χ3v) is 4.47. The van der Waals surface area contributed by atoms with E-state index in [1.807, 2.05) is 5.38 Å². The van der Waals surface area contributed by atoms with Crippen LogP contribution in [0.5, 0.6) is 0 Å². The van der Waals surface area contributed by atoms with Gasteiger partial charge in [0.25, 0.3) is 5.91 Å². The summed E-state index contributed by atoms with van der Waals surface area (Å²) in [7, 11) is 0. The highest BCUT2D eigenvalue weighted by Gasteiger charge is 2.32. The van der Waals surface area contributed by atoms with Crippen LogP contribution in [0, 0.1) is 5.41 Å². The van der Waals surface area contributed by atoms with Crippen molar-refractivity contribution in [1.29, 1.82) is 0 Å². The molecule has 16 heavy (non-hydrogen) atoms. The molecule has 1 aromatic rings. The first kappa shape index (κ1) is 11.9. The molecular weight excluding hydrogens is 242 g/mol. The summed E-state index contributed by atoms with van der Waals surface area (Å²) in [4.78, 5) is 12.5. The highest BCUT2D eigenvalue weighted by molar-refractivity contribution is 7.12. The Morgan fingerprint density at radius 1 is 1.62 bits per heavy atom. The molecule has 0 spiro atoms. The first-order valence-corrected chi connectivity index (χ1v) is 6.77. The van der Waals surface area contributed by atoms with Gasteiger partial charge in [0.1, 0.15) is 4.88 Å². The normalized spacial score (nSPS) is 23.3. The Balaban J connectivity index is 1.97. The standard InChI is InChI=1S/C12H16ClNOS/c1-12(2)5-3-8(7-12)14-11(15)10-9(13)4-6-16-10/h4,6,8H,3,5,7H2,1-2H3,(H,14,15). The maximum Gasteiger partial charge on any atom is 0.263 e. The molecule has 2 rings (SSSR count). The van der Waals surface area contributed by atoms with Crippen LogP contribution in [0.15, 0.2) is 11.4 Å². The largest absolute Gasteiger partial charge is 0.349 e. The van der Waals surface area contributed by atoms with Crippen molar-refractivity contribution in [3.05, 3.63) is 21.3 Å². The summed E-state index contributed by atoms with van der Waals surface area (Å²) in [5.74, 6) is -0.0253. The summed E-state index contributed by atoms with van der Waals surface area (Å²) in [5, 5.41) is 5.46. The summed E-state index contributed by atoms with van der Waals surface area (Å²) in [6.45, 7) is 4.49. The quantitative estimate of drug-likeness (QED) is 0.860. The van der Waals surface area contributed by atoms with Crippen LogP contribution in [0.3, 0.4) is 0 Å². The number of hydrogen-bond acceptors (Lipinski definition) is 2. The average molecular weight is 258 g/mol. The van der Waals surface area contributed by atoms with Gasteiger partial charge in [-0.05, 0) is 36.1 Å². The minimum Gasteiger partial charge on any atom is -0.349 e. The van der Waals surface area contributed by atoms with E-state index >= 15 is 0 Å². The maximum absolute atomic E-state index is 11.9. The van der Waals surface area contributed by atoms with Gasteiger partial charge in [0.15, 0.2) is 0 Å². The first-order chi connectivity index (χ1) is 7.48. The lowest BCUT2D eigenvalue weighted by molar-refractivity contribution is 0.0940. The molecule has 88 valence electrons. The zero-order valence-corrected chi connectivity index (χ0v) is 11.1. The molecule has 1 fully saturated rings. The summed E-state index contributed by atoms with van der Waals surface area (Å²) in [6, 6.07) is 2.07. The second kappa shape index (κ2) is 4.38. The number of thiophene rings is 1. The van der Waals surface area contributed by atoms with Crippen LogP contribution < -0.4 is 5.32 Å². The molecule has 0 saturated heterocycles. The van der Waals surface area contributed by atoms with E-state index in [1.165, 1.54) is 17.8 Å². The van der Waals surface area contributed by atoms with Crippen molar-refractivity contribution in [1.82, 2.24) is 5.32 Å². The summed E-state index contributed by atoms with van der Waals surface area (Å²) in [6.07, 6.45) is 3.31. The second-order valence-electron chi connectivity index (χ2n) is 5.18. The van der Waals surface area contributed by atoms with Crippen LogP contribution in [0.25, 0.3) is 0 Å². The predicted octanol–water partition coefficient (Wildman–Crippen LogP) is 3.71. The number of halogens is 1. The fourth-order valence-electron chi connectivity index (χ4n) is 2.27. The number of nitrogens with one attached hydrogen (secondary N) is 1. The Hall–Kier alpha value is -0.540. The van der Waals surface area contributed by atoms with Gasteiger partial charge in [0, 0.05) is 6.04 Å². The molecule has 1 saturated carbocycles. The molecule has 1 aromatic heterocycles. The molecule has 1 heterocycles. The van der Waals surface area contributed by atoms with Crippen molar-refractivity contribution in [2.45, 2.75) is 39.2 Å². The molecule has 0 aromatic carbocycles. The molecule has 1 amide bonds. The van der Waals surface area contributed by atoms with Gasteiger partial charge in [0.2, 0.25) is 0 Å². The number of carbonyl (C=O) groups is 1. The SMILES string of the molecule is CC1(C)CCC(NC(=O)c2sccc2Cl)C1. The number of rotatable bonds is 2. The summed E-state index contributed by atoms with van der Waals surface area (Å²) in [5.41, 5.74) is 0.358. The summed E-state index contributed by atoms with van der Waals surface area (Å²) < 4.78 is 0. The molecule has 1 N–H and O–H groups in total. The summed E-state index contributed by atoms with van der Waals surface area (Å²) >= 11 is 7.32. The van der Waals surface area contributed by atoms with Crippen LogP contribution in [0.1, 0.15) is 42.8 Å². The van der Waals surface area contributed by atoms with Crippen molar-refractivity contribution in [3.8, 4) is 0 Å². The molecule has 1 atom stereocenters. The van der Waals surface area contributed by atoms with Crippen LogP contribution in [-0.2, 0) is 0 Å². The van der Waals surface area contributed by atoms with E-state index in [0.717, 1.165) is 12.8 Å². The van der Waals surface area contributed by atoms with Crippen molar-refractivity contribution in [2.24, 2.45) is 5.41 Å². The molecule has 1 aliphatic carbocycles. The van der Waals surface area contributed by atoms with Gasteiger partial charge >= 0.3 is 0 Å². The van der Waals surface area contributed by atoms with E-state index in [2.05, 4.69) is 19.2 Å². The Labute approximate surface area is 105 Å². The van der Waals surface area contributed by atoms with Crippen LogP contribution >= 0.6 is 22.9 Å². The lowest BCUT2D eigenvalue weighted by atomic mass is 9.92. The van der Waals surface area contributed by atoms with Gasteiger partial charge in [-0.1, -0.05) is 25.4 Å². The highest BCUT2D eigenvalue weighted by Crippen LogP contribution is 2.37. The topological polar surface area (TPSA) is 29.1 Å². The van der Waals surface area contributed by atoms with Gasteiger partial charge in [-0.15, -0.1) is 11.3 Å². The Morgan fingerprint density at radius 3 is 2.88 bits per heavy atom. The number of amides is 1. The van der Waals surface area contributed by atoms with Crippen molar-refractivity contribution >= 4 is 28.8 Å². The highest BCUT2D eigenvalue weighted by atomic mass is 35.5. The Bertz CT molecular complexity index is 399. The second-order valence-corrected chi connectivity index (χ2v) is 6.50. The third-order valence-electron chi connectivity index (χ3n) is 3.13. The van der Waals surface area contributed by atoms with E-state index in [9.17, 15) is 4.79 Å². The van der Waals surface area contributed by atoms with Crippen molar-refractivity contribution < 1.29 is 4.79 Å². The smallest absolute Gasteiger partial charge is 0.263 e. The zero-order chi connectivity index (χ0) is 11.8. The molecule has 2 nitrogen and oxygen atoms in total. The molecule has 0 aliphatic heterocycles. The lowest BCUT2D eigenvalue weighted by Crippen LogP contribution is -2.33. The van der Waals surface area contributed by atoms with E-state index in [1.54, 1.807) is 6.07 Å². The van der Waals surface area contributed by atoms with E-state index < -0.39 is 0 Å². The van der Waals surface area contributed by atoms with Gasteiger partial charge in [-0.25, -0.2) is 0 Å². The van der Waals surface area contributed by atoms with Crippen molar-refractivity contribution in [3.63, 3.8) is 0 Å². The first-order valence-electron chi connectivity index (χ1n) is 5.52. The predicted molar refractivity (Wildman–Crippen MR) is 68.2 cm³/mol. The van der Waals surface area contributed by atoms with Crippen LogP contribution in [0.4, 0.5) is 0 Å². The molecule has 0 bridgehead atoms. The maximum atomic E-state index is 11.9. The number of hydrogen-bond donors (Lipinski definition) is 1. The zero-order valence-electron chi connectivity index (χ0n) is 9.55. The molecular formula is C12H16ClNOS. The van der Waals surface area contributed by atoms with Gasteiger partial charge in [-0.2, -0.15) is 0 Å². The fourth-order valence-corrected chi connectivity index (χ4v) is 3.31. The Morgan fingerprint density at radius 2 is 2.38 bits per heavy atom. The number of carbonyl (C=O) groups excluding carboxylic acids is 1. The Kier molecular flexibility index (Phi) is 3.27. The third kappa shape index (κ3) is 2.58.